The molecule has 0 saturated heterocycles. The van der Waals surface area contributed by atoms with Gasteiger partial charge in [0.05, 0.1) is 12.2 Å². The van der Waals surface area contributed by atoms with Gasteiger partial charge in [0.25, 0.3) is 0 Å². The summed E-state index contributed by atoms with van der Waals surface area (Å²) in [4.78, 5) is 17.8. The van der Waals surface area contributed by atoms with E-state index in [0.717, 1.165) is 28.4 Å². The van der Waals surface area contributed by atoms with E-state index in [-0.39, 0.29) is 6.03 Å². The number of nitrogens with one attached hydrogen (secondary N) is 2. The number of hydrogen-bond acceptors (Lipinski definition) is 3. The van der Waals surface area contributed by atoms with Crippen LogP contribution in [-0.4, -0.2) is 17.1 Å². The summed E-state index contributed by atoms with van der Waals surface area (Å²) in [6.45, 7) is 4.64. The van der Waals surface area contributed by atoms with Gasteiger partial charge in [-0.25, -0.2) is 9.78 Å². The standard InChI is InChI=1S/C18H23N3OS/c1-12-7-3-6-10-15(12)17-20-13(2)16(23-17)11-19-18(22)21-14-8-4-5-9-14/h3,6-7,10,14H,4-5,8-9,11H2,1-2H3,(H2,19,21,22). The van der Waals surface area contributed by atoms with Crippen LogP contribution in [0.15, 0.2) is 24.3 Å². The Hall–Kier alpha value is -1.88. The Morgan fingerprint density at radius 1 is 1.26 bits per heavy atom. The van der Waals surface area contributed by atoms with Gasteiger partial charge in [-0.2, -0.15) is 0 Å². The van der Waals surface area contributed by atoms with Crippen LogP contribution in [-0.2, 0) is 6.54 Å². The number of hydrogen-bond donors (Lipinski definition) is 2. The number of thiazole rings is 1. The number of aromatic nitrogens is 1. The number of nitrogens with zero attached hydrogens (tertiary/aromatic N) is 1. The molecule has 23 heavy (non-hydrogen) atoms. The van der Waals surface area contributed by atoms with E-state index in [1.165, 1.54) is 24.0 Å². The second kappa shape index (κ2) is 7.13. The molecule has 1 aliphatic rings. The second-order valence-corrected chi connectivity index (χ2v) is 7.23. The molecule has 1 aromatic heterocycles. The third-order valence-corrected chi connectivity index (χ3v) is 5.56. The molecule has 2 N–H and O–H groups in total. The van der Waals surface area contributed by atoms with Crippen LogP contribution < -0.4 is 10.6 Å². The van der Waals surface area contributed by atoms with E-state index in [4.69, 9.17) is 0 Å². The van der Waals surface area contributed by atoms with Gasteiger partial charge in [-0.3, -0.25) is 0 Å². The first-order chi connectivity index (χ1) is 11.1. The number of urea groups is 1. The van der Waals surface area contributed by atoms with Gasteiger partial charge < -0.3 is 10.6 Å². The molecule has 0 unspecified atom stereocenters. The summed E-state index contributed by atoms with van der Waals surface area (Å²) in [6, 6.07) is 8.54. The highest BCUT2D eigenvalue weighted by Crippen LogP contribution is 2.30. The summed E-state index contributed by atoms with van der Waals surface area (Å²) in [5, 5.41) is 7.04. The highest BCUT2D eigenvalue weighted by Gasteiger charge is 2.17. The van der Waals surface area contributed by atoms with Gasteiger partial charge in [-0.05, 0) is 32.3 Å². The van der Waals surface area contributed by atoms with Crippen LogP contribution in [0.3, 0.4) is 0 Å². The second-order valence-electron chi connectivity index (χ2n) is 6.15. The molecule has 0 spiro atoms. The number of carbonyl (C=O) groups excluding carboxylic acids is 1. The van der Waals surface area contributed by atoms with Crippen molar-refractivity contribution in [2.45, 2.75) is 52.1 Å². The molecule has 0 atom stereocenters. The van der Waals surface area contributed by atoms with E-state index >= 15 is 0 Å². The van der Waals surface area contributed by atoms with Crippen LogP contribution in [0.4, 0.5) is 4.79 Å². The zero-order valence-corrected chi connectivity index (χ0v) is 14.5. The fourth-order valence-corrected chi connectivity index (χ4v) is 4.08. The third-order valence-electron chi connectivity index (χ3n) is 4.37. The maximum absolute atomic E-state index is 12.0. The lowest BCUT2D eigenvalue weighted by atomic mass is 10.1. The highest BCUT2D eigenvalue weighted by atomic mass is 32.1. The number of rotatable bonds is 4. The van der Waals surface area contributed by atoms with Crippen LogP contribution in [0.1, 0.15) is 41.8 Å². The largest absolute Gasteiger partial charge is 0.335 e. The summed E-state index contributed by atoms with van der Waals surface area (Å²) in [7, 11) is 0. The van der Waals surface area contributed by atoms with Gasteiger partial charge in [0.15, 0.2) is 0 Å². The Labute approximate surface area is 141 Å². The zero-order valence-electron chi connectivity index (χ0n) is 13.7. The first-order valence-electron chi connectivity index (χ1n) is 8.20. The molecular weight excluding hydrogens is 306 g/mol. The van der Waals surface area contributed by atoms with Gasteiger partial charge in [-0.15, -0.1) is 11.3 Å². The lowest BCUT2D eigenvalue weighted by molar-refractivity contribution is 0.237. The average molecular weight is 329 g/mol. The highest BCUT2D eigenvalue weighted by molar-refractivity contribution is 7.15. The van der Waals surface area contributed by atoms with Crippen LogP contribution >= 0.6 is 11.3 Å². The fraction of sp³-hybridized carbons (Fsp3) is 0.444. The molecule has 0 bridgehead atoms. The topological polar surface area (TPSA) is 54.0 Å². The number of carbonyl (C=O) groups is 1. The predicted molar refractivity (Wildman–Crippen MR) is 94.7 cm³/mol. The van der Waals surface area contributed by atoms with Crippen LogP contribution in [0.5, 0.6) is 0 Å². The molecular formula is C18H23N3OS. The van der Waals surface area contributed by atoms with Crippen molar-refractivity contribution in [1.82, 2.24) is 15.6 Å². The van der Waals surface area contributed by atoms with Crippen LogP contribution in [0.25, 0.3) is 10.6 Å². The predicted octanol–water partition coefficient (Wildman–Crippen LogP) is 4.17. The van der Waals surface area contributed by atoms with E-state index in [2.05, 4.69) is 34.7 Å². The van der Waals surface area contributed by atoms with E-state index < -0.39 is 0 Å². The first-order valence-corrected chi connectivity index (χ1v) is 9.02. The molecule has 1 heterocycles. The Bertz CT molecular complexity index is 689. The van der Waals surface area contributed by atoms with Crippen LogP contribution in [0, 0.1) is 13.8 Å². The Morgan fingerprint density at radius 3 is 2.74 bits per heavy atom. The van der Waals surface area contributed by atoms with Gasteiger partial charge in [0.2, 0.25) is 0 Å². The molecule has 1 aliphatic carbocycles. The Kier molecular flexibility index (Phi) is 4.96. The molecule has 2 aromatic rings. The SMILES string of the molecule is Cc1ccccc1-c1nc(C)c(CNC(=O)NC2CCCC2)s1. The van der Waals surface area contributed by atoms with Crippen LogP contribution in [0.2, 0.25) is 0 Å². The van der Waals surface area contributed by atoms with Gasteiger partial charge >= 0.3 is 6.03 Å². The number of amides is 2. The van der Waals surface area contributed by atoms with Crippen molar-refractivity contribution in [2.24, 2.45) is 0 Å². The van der Waals surface area contributed by atoms with Crippen molar-refractivity contribution in [1.29, 1.82) is 0 Å². The van der Waals surface area contributed by atoms with E-state index in [1.54, 1.807) is 11.3 Å². The van der Waals surface area contributed by atoms with Gasteiger partial charge in [0, 0.05) is 16.5 Å². The molecule has 122 valence electrons. The van der Waals surface area contributed by atoms with Gasteiger partial charge in [-0.1, -0.05) is 37.1 Å². The van der Waals surface area contributed by atoms with E-state index in [9.17, 15) is 4.79 Å². The lowest BCUT2D eigenvalue weighted by Crippen LogP contribution is -2.40. The Balaban J connectivity index is 1.62. The molecule has 3 rings (SSSR count). The summed E-state index contributed by atoms with van der Waals surface area (Å²) in [5.74, 6) is 0. The molecule has 5 heteroatoms. The van der Waals surface area contributed by atoms with Crippen molar-refractivity contribution >= 4 is 17.4 Å². The van der Waals surface area contributed by atoms with Crippen molar-refractivity contribution in [3.63, 3.8) is 0 Å². The fourth-order valence-electron chi connectivity index (χ4n) is 2.99. The monoisotopic (exact) mass is 329 g/mol. The van der Waals surface area contributed by atoms with Crippen molar-refractivity contribution < 1.29 is 4.79 Å². The number of aryl methyl sites for hydroxylation is 2. The normalized spacial score (nSPS) is 14.9. The minimum absolute atomic E-state index is 0.0675. The van der Waals surface area contributed by atoms with Gasteiger partial charge in [0.1, 0.15) is 5.01 Å². The van der Waals surface area contributed by atoms with Crippen molar-refractivity contribution in [3.8, 4) is 10.6 Å². The summed E-state index contributed by atoms with van der Waals surface area (Å²) in [6.07, 6.45) is 4.65. The van der Waals surface area contributed by atoms with E-state index in [0.29, 0.717) is 12.6 Å². The molecule has 4 nitrogen and oxygen atoms in total. The lowest BCUT2D eigenvalue weighted by Gasteiger charge is -2.12. The zero-order chi connectivity index (χ0) is 16.2. The summed E-state index contributed by atoms with van der Waals surface area (Å²) >= 11 is 1.66. The van der Waals surface area contributed by atoms with E-state index in [1.807, 2.05) is 19.1 Å². The first kappa shape index (κ1) is 16.0. The molecule has 2 amide bonds. The minimum atomic E-state index is -0.0675. The number of benzene rings is 1. The minimum Gasteiger partial charge on any atom is -0.335 e. The maximum Gasteiger partial charge on any atom is 0.315 e. The average Bonchev–Trinajstić information content (AvgIpc) is 3.15. The summed E-state index contributed by atoms with van der Waals surface area (Å²) in [5.41, 5.74) is 3.39. The Morgan fingerprint density at radius 2 is 2.00 bits per heavy atom. The molecule has 1 fully saturated rings. The molecule has 0 radical (unpaired) electrons. The molecule has 1 saturated carbocycles. The van der Waals surface area contributed by atoms with Crippen molar-refractivity contribution in [3.05, 3.63) is 40.4 Å². The smallest absolute Gasteiger partial charge is 0.315 e. The molecule has 0 aliphatic heterocycles. The third kappa shape index (κ3) is 3.91. The maximum atomic E-state index is 12.0. The molecule has 1 aromatic carbocycles. The quantitative estimate of drug-likeness (QED) is 0.884. The summed E-state index contributed by atoms with van der Waals surface area (Å²) < 4.78 is 0. The van der Waals surface area contributed by atoms with Crippen molar-refractivity contribution in [2.75, 3.05) is 0 Å².